The zero-order chi connectivity index (χ0) is 25.3. The number of halogens is 2. The van der Waals surface area contributed by atoms with Gasteiger partial charge in [-0.1, -0.05) is 23.7 Å². The average Bonchev–Trinajstić information content (AvgIpc) is 3.29. The summed E-state index contributed by atoms with van der Waals surface area (Å²) in [5.41, 5.74) is 2.82. The second-order valence-electron chi connectivity index (χ2n) is 8.19. The van der Waals surface area contributed by atoms with Crippen LogP contribution in [0.1, 0.15) is 28.0 Å². The molecule has 0 unspecified atom stereocenters. The van der Waals surface area contributed by atoms with Gasteiger partial charge < -0.3 is 9.73 Å². The van der Waals surface area contributed by atoms with E-state index < -0.39 is 20.9 Å². The molecule has 0 radical (unpaired) electrons. The van der Waals surface area contributed by atoms with E-state index in [1.807, 2.05) is 0 Å². The van der Waals surface area contributed by atoms with Crippen molar-refractivity contribution in [2.45, 2.75) is 37.5 Å². The molecule has 0 amide bonds. The maximum absolute atomic E-state index is 14.6. The molecule has 11 heteroatoms. The highest BCUT2D eigenvalue weighted by atomic mass is 35.5. The number of nitrogens with one attached hydrogen (secondary N) is 1. The van der Waals surface area contributed by atoms with Gasteiger partial charge in [0.2, 0.25) is 0 Å². The first-order chi connectivity index (χ1) is 16.6. The van der Waals surface area contributed by atoms with Gasteiger partial charge in [-0.2, -0.15) is 0 Å². The Bertz CT molecular complexity index is 1520. The molecule has 1 N–H and O–H groups in total. The van der Waals surface area contributed by atoms with Crippen LogP contribution in [0.15, 0.2) is 51.9 Å². The third-order valence-corrected chi connectivity index (χ3v) is 8.02. The lowest BCUT2D eigenvalue weighted by Crippen LogP contribution is -2.14. The third kappa shape index (κ3) is 4.95. The molecule has 0 aliphatic carbocycles. The molecule has 0 aliphatic heterocycles. The summed E-state index contributed by atoms with van der Waals surface area (Å²) in [5, 5.41) is 10.5. The Labute approximate surface area is 210 Å². The summed E-state index contributed by atoms with van der Waals surface area (Å²) >= 11 is 6.31. The lowest BCUT2D eigenvalue weighted by molar-refractivity contribution is 0.567. The molecule has 0 fully saturated rings. The highest BCUT2D eigenvalue weighted by Crippen LogP contribution is 2.32. The largest absolute Gasteiger partial charge is 0.414 e. The standard InChI is InChI=1S/C24H23ClFN5O3S.2H2/c1-13(2)35(32,33)21-8-6-16(10-18(21)25)20-12-28-14(3)22(29-20)24-31-30-23(34-24)17-7-5-15(11-27-4)9-19(17)26;;/h5-10,12-13,27H,11H2,1-4H3;2*1H. The van der Waals surface area contributed by atoms with E-state index in [1.165, 1.54) is 18.2 Å². The number of aromatic nitrogens is 4. The van der Waals surface area contributed by atoms with Crippen LogP contribution in [0.25, 0.3) is 34.3 Å². The summed E-state index contributed by atoms with van der Waals surface area (Å²) in [4.78, 5) is 9.00. The van der Waals surface area contributed by atoms with Crippen LogP contribution in [0.2, 0.25) is 5.02 Å². The number of nitrogens with zero attached hydrogens (tertiary/aromatic N) is 4. The van der Waals surface area contributed by atoms with Crippen molar-refractivity contribution >= 4 is 21.4 Å². The Balaban J connectivity index is 0.00000241. The van der Waals surface area contributed by atoms with Crippen molar-refractivity contribution in [1.29, 1.82) is 0 Å². The lowest BCUT2D eigenvalue weighted by atomic mass is 10.1. The molecule has 2 heterocycles. The normalized spacial score (nSPS) is 11.9. The van der Waals surface area contributed by atoms with E-state index >= 15 is 0 Å². The van der Waals surface area contributed by atoms with E-state index in [9.17, 15) is 12.8 Å². The van der Waals surface area contributed by atoms with Gasteiger partial charge in [0.1, 0.15) is 11.5 Å². The first kappa shape index (κ1) is 24.9. The van der Waals surface area contributed by atoms with Crippen LogP contribution in [0, 0.1) is 12.7 Å². The molecule has 4 rings (SSSR count). The van der Waals surface area contributed by atoms with Crippen molar-refractivity contribution in [2.24, 2.45) is 0 Å². The highest BCUT2D eigenvalue weighted by molar-refractivity contribution is 7.92. The number of benzene rings is 2. The molecule has 0 saturated heterocycles. The Morgan fingerprint density at radius 1 is 1.14 bits per heavy atom. The molecule has 35 heavy (non-hydrogen) atoms. The fourth-order valence-electron chi connectivity index (χ4n) is 3.41. The predicted molar refractivity (Wildman–Crippen MR) is 135 cm³/mol. The van der Waals surface area contributed by atoms with Crippen LogP contribution >= 0.6 is 11.6 Å². The summed E-state index contributed by atoms with van der Waals surface area (Å²) in [5.74, 6) is -0.377. The maximum atomic E-state index is 14.6. The fraction of sp³-hybridized carbons (Fsp3) is 0.250. The minimum absolute atomic E-state index is 0. The first-order valence-corrected chi connectivity index (χ1v) is 12.7. The van der Waals surface area contributed by atoms with Crippen molar-refractivity contribution in [3.05, 3.63) is 64.7 Å². The summed E-state index contributed by atoms with van der Waals surface area (Å²) in [6.45, 7) is 5.45. The molecule has 2 aromatic heterocycles. The van der Waals surface area contributed by atoms with Gasteiger partial charge in [-0.3, -0.25) is 4.98 Å². The van der Waals surface area contributed by atoms with Gasteiger partial charge >= 0.3 is 0 Å². The van der Waals surface area contributed by atoms with Crippen molar-refractivity contribution < 1.29 is 20.1 Å². The summed E-state index contributed by atoms with van der Waals surface area (Å²) in [6.07, 6.45) is 1.54. The number of rotatable bonds is 7. The maximum Gasteiger partial charge on any atom is 0.268 e. The fourth-order valence-corrected chi connectivity index (χ4v) is 5.01. The molecule has 0 saturated carbocycles. The van der Waals surface area contributed by atoms with Crippen LogP contribution in [-0.2, 0) is 16.4 Å². The molecule has 186 valence electrons. The highest BCUT2D eigenvalue weighted by Gasteiger charge is 2.23. The van der Waals surface area contributed by atoms with Gasteiger partial charge in [0.25, 0.3) is 11.8 Å². The minimum Gasteiger partial charge on any atom is -0.414 e. The average molecular weight is 520 g/mol. The van der Waals surface area contributed by atoms with Crippen LogP contribution in [0.4, 0.5) is 4.39 Å². The zero-order valence-corrected chi connectivity index (χ0v) is 21.1. The Kier molecular flexibility index (Phi) is 6.98. The number of hydrogen-bond donors (Lipinski definition) is 1. The minimum atomic E-state index is -3.53. The van der Waals surface area contributed by atoms with E-state index in [-0.39, 0.29) is 30.1 Å². The topological polar surface area (TPSA) is 111 Å². The van der Waals surface area contributed by atoms with Crippen molar-refractivity contribution in [3.63, 3.8) is 0 Å². The Hall–Kier alpha value is -3.21. The van der Waals surface area contributed by atoms with E-state index in [1.54, 1.807) is 52.2 Å². The van der Waals surface area contributed by atoms with E-state index in [0.717, 1.165) is 5.56 Å². The molecule has 0 bridgehead atoms. The Morgan fingerprint density at radius 3 is 2.54 bits per heavy atom. The molecule has 4 aromatic rings. The van der Waals surface area contributed by atoms with E-state index in [2.05, 4.69) is 25.5 Å². The van der Waals surface area contributed by atoms with Gasteiger partial charge in [-0.05, 0) is 57.6 Å². The second-order valence-corrected chi connectivity index (χ2v) is 11.1. The number of aryl methyl sites for hydroxylation is 1. The van der Waals surface area contributed by atoms with Crippen LogP contribution in [0.5, 0.6) is 0 Å². The predicted octanol–water partition coefficient (Wildman–Crippen LogP) is 5.36. The monoisotopic (exact) mass is 519 g/mol. The van der Waals surface area contributed by atoms with Gasteiger partial charge in [-0.15, -0.1) is 10.2 Å². The second kappa shape index (κ2) is 9.80. The summed E-state index contributed by atoms with van der Waals surface area (Å²) in [6, 6.07) is 9.38. The molecular weight excluding hydrogens is 493 g/mol. The third-order valence-electron chi connectivity index (χ3n) is 5.38. The lowest BCUT2D eigenvalue weighted by Gasteiger charge is -2.11. The molecule has 0 spiro atoms. The Morgan fingerprint density at radius 2 is 1.89 bits per heavy atom. The van der Waals surface area contributed by atoms with Crippen LogP contribution in [0.3, 0.4) is 0 Å². The summed E-state index contributed by atoms with van der Waals surface area (Å²) < 4.78 is 45.4. The van der Waals surface area contributed by atoms with Gasteiger partial charge in [0.15, 0.2) is 9.84 Å². The van der Waals surface area contributed by atoms with Crippen LogP contribution in [-0.4, -0.2) is 40.9 Å². The first-order valence-electron chi connectivity index (χ1n) is 10.8. The van der Waals surface area contributed by atoms with E-state index in [0.29, 0.717) is 29.2 Å². The smallest absolute Gasteiger partial charge is 0.268 e. The van der Waals surface area contributed by atoms with Crippen molar-refractivity contribution in [1.82, 2.24) is 25.5 Å². The number of sulfone groups is 1. The molecule has 2 aromatic carbocycles. The van der Waals surface area contributed by atoms with Crippen molar-refractivity contribution in [2.75, 3.05) is 7.05 Å². The van der Waals surface area contributed by atoms with E-state index in [4.69, 9.17) is 16.0 Å². The molecule has 0 atom stereocenters. The molecule has 8 nitrogen and oxygen atoms in total. The zero-order valence-electron chi connectivity index (χ0n) is 19.5. The number of hydrogen-bond acceptors (Lipinski definition) is 8. The van der Waals surface area contributed by atoms with Gasteiger partial charge in [0, 0.05) is 15.0 Å². The molecular formula is C24H27ClFN5O3S. The molecule has 0 aliphatic rings. The van der Waals surface area contributed by atoms with Crippen LogP contribution < -0.4 is 5.32 Å². The van der Waals surface area contributed by atoms with Gasteiger partial charge in [-0.25, -0.2) is 17.8 Å². The van der Waals surface area contributed by atoms with Gasteiger partial charge in [0.05, 0.1) is 38.3 Å². The summed E-state index contributed by atoms with van der Waals surface area (Å²) in [7, 11) is -1.75. The van der Waals surface area contributed by atoms with Crippen molar-refractivity contribution in [3.8, 4) is 34.3 Å². The SMILES string of the molecule is CNCc1ccc(-c2nnc(-c3nc(-c4ccc(S(=O)(=O)C(C)C)c(Cl)c4)cnc3C)o2)c(F)c1.[HH].[HH]. The quantitative estimate of drug-likeness (QED) is 0.347.